The smallest absolute Gasteiger partial charge is 0.163 e. The summed E-state index contributed by atoms with van der Waals surface area (Å²) in [4.78, 5) is 13.0. The van der Waals surface area contributed by atoms with Crippen molar-refractivity contribution in [2.45, 2.75) is 25.2 Å². The highest BCUT2D eigenvalue weighted by atomic mass is 32.2. The molecule has 1 atom stereocenters. The molecule has 0 spiro atoms. The lowest BCUT2D eigenvalue weighted by Crippen LogP contribution is -2.15. The lowest BCUT2D eigenvalue weighted by atomic mass is 10.00. The second kappa shape index (κ2) is 6.71. The van der Waals surface area contributed by atoms with Gasteiger partial charge in [0.15, 0.2) is 5.78 Å². The molecule has 1 rings (SSSR count). The number of ketones is 1. The first-order chi connectivity index (χ1) is 7.67. The van der Waals surface area contributed by atoms with Gasteiger partial charge in [-0.3, -0.25) is 4.79 Å². The van der Waals surface area contributed by atoms with Crippen LogP contribution >= 0.6 is 11.8 Å². The van der Waals surface area contributed by atoms with Crippen LogP contribution in [0, 0.1) is 5.92 Å². The van der Waals surface area contributed by atoms with E-state index in [1.165, 1.54) is 4.90 Å². The molecule has 0 bridgehead atoms. The lowest BCUT2D eigenvalue weighted by molar-refractivity contribution is 0.0966. The maximum absolute atomic E-state index is 11.8. The van der Waals surface area contributed by atoms with Gasteiger partial charge in [-0.15, -0.1) is 11.8 Å². The second-order valence-corrected chi connectivity index (χ2v) is 5.26. The third-order valence-electron chi connectivity index (χ3n) is 2.42. The summed E-state index contributed by atoms with van der Waals surface area (Å²) in [5.41, 5.74) is 6.30. The zero-order valence-corrected chi connectivity index (χ0v) is 10.7. The van der Waals surface area contributed by atoms with E-state index in [1.807, 2.05) is 31.2 Å². The van der Waals surface area contributed by atoms with E-state index < -0.39 is 0 Å². The Balaban J connectivity index is 2.63. The van der Waals surface area contributed by atoms with Crippen molar-refractivity contribution >= 4 is 17.5 Å². The zero-order valence-electron chi connectivity index (χ0n) is 9.90. The largest absolute Gasteiger partial charge is 0.330 e. The van der Waals surface area contributed by atoms with Crippen molar-refractivity contribution in [1.29, 1.82) is 0 Å². The van der Waals surface area contributed by atoms with Crippen molar-refractivity contribution in [3.63, 3.8) is 0 Å². The van der Waals surface area contributed by atoms with Gasteiger partial charge in [-0.1, -0.05) is 26.0 Å². The van der Waals surface area contributed by atoms with Crippen LogP contribution in [0.3, 0.4) is 0 Å². The summed E-state index contributed by atoms with van der Waals surface area (Å²) in [5.74, 6) is 1.50. The van der Waals surface area contributed by atoms with Crippen molar-refractivity contribution in [2.75, 3.05) is 12.3 Å². The van der Waals surface area contributed by atoms with E-state index in [0.29, 0.717) is 13.0 Å². The molecule has 1 aromatic carbocycles. The Morgan fingerprint density at radius 1 is 1.38 bits per heavy atom. The third kappa shape index (κ3) is 3.99. The van der Waals surface area contributed by atoms with Crippen LogP contribution in [0.4, 0.5) is 0 Å². The summed E-state index contributed by atoms with van der Waals surface area (Å²) >= 11 is 1.78. The van der Waals surface area contributed by atoms with Gasteiger partial charge in [-0.2, -0.15) is 0 Å². The van der Waals surface area contributed by atoms with Gasteiger partial charge in [0.2, 0.25) is 0 Å². The molecule has 3 heteroatoms. The first-order valence-corrected chi connectivity index (χ1v) is 6.62. The normalized spacial score (nSPS) is 12.4. The number of benzene rings is 1. The van der Waals surface area contributed by atoms with Crippen molar-refractivity contribution < 1.29 is 4.79 Å². The minimum Gasteiger partial charge on any atom is -0.330 e. The highest BCUT2D eigenvalue weighted by Crippen LogP contribution is 2.18. The fourth-order valence-corrected chi connectivity index (χ4v) is 2.08. The summed E-state index contributed by atoms with van der Waals surface area (Å²) < 4.78 is 0. The number of hydrogen-bond acceptors (Lipinski definition) is 3. The summed E-state index contributed by atoms with van der Waals surface area (Å²) in [6.45, 7) is 4.68. The van der Waals surface area contributed by atoms with Crippen LogP contribution in [-0.4, -0.2) is 18.1 Å². The number of hydrogen-bond donors (Lipinski definition) is 1. The molecule has 0 aliphatic carbocycles. The highest BCUT2D eigenvalue weighted by molar-refractivity contribution is 7.99. The molecule has 0 aromatic heterocycles. The average molecular weight is 237 g/mol. The maximum atomic E-state index is 11.8. The first-order valence-electron chi connectivity index (χ1n) is 5.63. The zero-order chi connectivity index (χ0) is 12.0. The molecule has 0 aliphatic heterocycles. The van der Waals surface area contributed by atoms with Crippen LogP contribution in [0.25, 0.3) is 0 Å². The van der Waals surface area contributed by atoms with Crippen molar-refractivity contribution in [3.8, 4) is 0 Å². The van der Waals surface area contributed by atoms with Crippen LogP contribution in [0.2, 0.25) is 0 Å². The van der Waals surface area contributed by atoms with Crippen molar-refractivity contribution in [3.05, 3.63) is 29.8 Å². The fraction of sp³-hybridized carbons (Fsp3) is 0.462. The van der Waals surface area contributed by atoms with Gasteiger partial charge in [-0.05, 0) is 30.3 Å². The molecule has 1 unspecified atom stereocenters. The second-order valence-electron chi connectivity index (χ2n) is 3.93. The van der Waals surface area contributed by atoms with E-state index in [-0.39, 0.29) is 11.7 Å². The van der Waals surface area contributed by atoms with E-state index >= 15 is 0 Å². The first kappa shape index (κ1) is 13.3. The Morgan fingerprint density at radius 2 is 2.00 bits per heavy atom. The molecular formula is C13H19NOS. The van der Waals surface area contributed by atoms with Crippen molar-refractivity contribution in [2.24, 2.45) is 11.7 Å². The van der Waals surface area contributed by atoms with Crippen molar-refractivity contribution in [1.82, 2.24) is 0 Å². The minimum absolute atomic E-state index is 0.186. The molecule has 0 radical (unpaired) electrons. The topological polar surface area (TPSA) is 43.1 Å². The van der Waals surface area contributed by atoms with E-state index in [4.69, 9.17) is 5.73 Å². The maximum Gasteiger partial charge on any atom is 0.163 e. The lowest BCUT2D eigenvalue weighted by Gasteiger charge is -2.07. The molecule has 16 heavy (non-hydrogen) atoms. The predicted molar refractivity (Wildman–Crippen MR) is 70.0 cm³/mol. The molecular weight excluding hydrogens is 218 g/mol. The minimum atomic E-state index is 0.186. The fourth-order valence-electron chi connectivity index (χ4n) is 1.42. The SMILES string of the molecule is CCSc1ccc(C(=O)CC(C)CN)cc1. The molecule has 0 aliphatic rings. The molecule has 0 saturated carbocycles. The quantitative estimate of drug-likeness (QED) is 0.611. The number of thioether (sulfide) groups is 1. The van der Waals surface area contributed by atoms with Gasteiger partial charge in [0.1, 0.15) is 0 Å². The van der Waals surface area contributed by atoms with Gasteiger partial charge >= 0.3 is 0 Å². The number of carbonyl (C=O) groups is 1. The highest BCUT2D eigenvalue weighted by Gasteiger charge is 2.09. The van der Waals surface area contributed by atoms with E-state index in [1.54, 1.807) is 11.8 Å². The Kier molecular flexibility index (Phi) is 5.56. The monoisotopic (exact) mass is 237 g/mol. The van der Waals surface area contributed by atoms with Crippen LogP contribution < -0.4 is 5.73 Å². The molecule has 1 aromatic rings. The summed E-state index contributed by atoms with van der Waals surface area (Å²) in [5, 5.41) is 0. The standard InChI is InChI=1S/C13H19NOS/c1-3-16-12-6-4-11(5-7-12)13(15)8-10(2)9-14/h4-7,10H,3,8-9,14H2,1-2H3. The van der Waals surface area contributed by atoms with Gasteiger partial charge < -0.3 is 5.73 Å². The Labute approximate surface area is 102 Å². The van der Waals surface area contributed by atoms with Crippen LogP contribution in [0.15, 0.2) is 29.2 Å². The summed E-state index contributed by atoms with van der Waals surface area (Å²) in [7, 11) is 0. The van der Waals surface area contributed by atoms with E-state index in [2.05, 4.69) is 6.92 Å². The Bertz CT molecular complexity index is 334. The third-order valence-corrected chi connectivity index (χ3v) is 3.32. The molecule has 0 fully saturated rings. The number of carbonyl (C=O) groups excluding carboxylic acids is 1. The predicted octanol–water partition coefficient (Wildman–Crippen LogP) is 2.97. The Hall–Kier alpha value is -0.800. The Morgan fingerprint density at radius 3 is 2.50 bits per heavy atom. The van der Waals surface area contributed by atoms with Crippen LogP contribution in [0.5, 0.6) is 0 Å². The molecule has 0 saturated heterocycles. The summed E-state index contributed by atoms with van der Waals surface area (Å²) in [6, 6.07) is 7.83. The molecule has 2 nitrogen and oxygen atoms in total. The number of rotatable bonds is 6. The van der Waals surface area contributed by atoms with E-state index in [0.717, 1.165) is 11.3 Å². The van der Waals surface area contributed by atoms with Gasteiger partial charge in [0.25, 0.3) is 0 Å². The molecule has 88 valence electrons. The van der Waals surface area contributed by atoms with Gasteiger partial charge in [0.05, 0.1) is 0 Å². The van der Waals surface area contributed by atoms with E-state index in [9.17, 15) is 4.79 Å². The molecule has 2 N–H and O–H groups in total. The number of Topliss-reactive ketones (excluding diaryl/α,β-unsaturated/α-hetero) is 1. The number of nitrogens with two attached hydrogens (primary N) is 1. The molecule has 0 heterocycles. The van der Waals surface area contributed by atoms with Gasteiger partial charge in [-0.25, -0.2) is 0 Å². The van der Waals surface area contributed by atoms with Crippen LogP contribution in [0.1, 0.15) is 30.6 Å². The summed E-state index contributed by atoms with van der Waals surface area (Å²) in [6.07, 6.45) is 0.538. The average Bonchev–Trinajstić information content (AvgIpc) is 2.30. The molecule has 0 amide bonds. The van der Waals surface area contributed by atoms with Gasteiger partial charge in [0, 0.05) is 16.9 Å². The van der Waals surface area contributed by atoms with Crippen LogP contribution in [-0.2, 0) is 0 Å².